The lowest BCUT2D eigenvalue weighted by molar-refractivity contribution is -0.129. The summed E-state index contributed by atoms with van der Waals surface area (Å²) in [5.74, 6) is 0.281. The molecule has 0 radical (unpaired) electrons. The maximum absolute atomic E-state index is 11.7. The van der Waals surface area contributed by atoms with Crippen molar-refractivity contribution in [3.05, 3.63) is 18.2 Å². The molecule has 1 heterocycles. The molecule has 0 atom stereocenters. The Bertz CT molecular complexity index is 638. The Morgan fingerprint density at radius 1 is 1.35 bits per heavy atom. The molecule has 1 aromatic rings. The van der Waals surface area contributed by atoms with E-state index in [-0.39, 0.29) is 11.7 Å². The Labute approximate surface area is 118 Å². The number of carbonyl (C=O) groups is 1. The minimum Gasteiger partial charge on any atom is -0.476 e. The SMILES string of the molecule is CCCS(=O)(=O)Nc1ccc2c(c1)OC(C)(C)C(=O)N2. The van der Waals surface area contributed by atoms with Gasteiger partial charge >= 0.3 is 0 Å². The summed E-state index contributed by atoms with van der Waals surface area (Å²) in [5.41, 5.74) is -0.0228. The van der Waals surface area contributed by atoms with E-state index in [4.69, 9.17) is 4.74 Å². The number of carbonyl (C=O) groups excluding carboxylic acids is 1. The first-order valence-corrected chi connectivity index (χ1v) is 8.04. The van der Waals surface area contributed by atoms with Crippen molar-refractivity contribution in [2.75, 3.05) is 15.8 Å². The van der Waals surface area contributed by atoms with E-state index in [9.17, 15) is 13.2 Å². The molecular formula is C13H18N2O4S. The van der Waals surface area contributed by atoms with Gasteiger partial charge in [-0.25, -0.2) is 8.42 Å². The van der Waals surface area contributed by atoms with E-state index in [2.05, 4.69) is 10.0 Å². The van der Waals surface area contributed by atoms with Gasteiger partial charge in [0, 0.05) is 6.07 Å². The number of sulfonamides is 1. The molecule has 0 aliphatic carbocycles. The van der Waals surface area contributed by atoms with Crippen LogP contribution >= 0.6 is 0 Å². The number of amides is 1. The van der Waals surface area contributed by atoms with E-state index in [0.717, 1.165) is 0 Å². The van der Waals surface area contributed by atoms with Gasteiger partial charge in [-0.05, 0) is 32.4 Å². The standard InChI is InChI=1S/C13H18N2O4S/c1-4-7-20(17,18)15-9-5-6-10-11(8-9)19-13(2,3)12(16)14-10/h5-6,8,15H,4,7H2,1-3H3,(H,14,16). The summed E-state index contributed by atoms with van der Waals surface area (Å²) < 4.78 is 31.5. The predicted molar refractivity (Wildman–Crippen MR) is 77.5 cm³/mol. The molecule has 0 fully saturated rings. The molecule has 0 unspecified atom stereocenters. The minimum absolute atomic E-state index is 0.0627. The zero-order chi connectivity index (χ0) is 15.0. The van der Waals surface area contributed by atoms with E-state index in [1.165, 1.54) is 0 Å². The fourth-order valence-electron chi connectivity index (χ4n) is 1.87. The lowest BCUT2D eigenvalue weighted by atomic mass is 10.1. The van der Waals surface area contributed by atoms with Crippen LogP contribution in [0.1, 0.15) is 27.2 Å². The molecule has 2 N–H and O–H groups in total. The highest BCUT2D eigenvalue weighted by atomic mass is 32.2. The number of hydrogen-bond donors (Lipinski definition) is 2. The molecule has 1 aliphatic rings. The van der Waals surface area contributed by atoms with Crippen molar-refractivity contribution >= 4 is 27.3 Å². The van der Waals surface area contributed by atoms with Gasteiger partial charge in [0.1, 0.15) is 5.75 Å². The van der Waals surface area contributed by atoms with Crippen LogP contribution < -0.4 is 14.8 Å². The van der Waals surface area contributed by atoms with Crippen LogP contribution in [0.25, 0.3) is 0 Å². The number of anilines is 2. The van der Waals surface area contributed by atoms with E-state index >= 15 is 0 Å². The van der Waals surface area contributed by atoms with Gasteiger partial charge in [0.25, 0.3) is 5.91 Å². The Morgan fingerprint density at radius 3 is 2.70 bits per heavy atom. The Kier molecular flexibility index (Phi) is 3.64. The Morgan fingerprint density at radius 2 is 2.05 bits per heavy atom. The van der Waals surface area contributed by atoms with Crippen molar-refractivity contribution in [2.45, 2.75) is 32.8 Å². The van der Waals surface area contributed by atoms with Crippen molar-refractivity contribution < 1.29 is 17.9 Å². The topological polar surface area (TPSA) is 84.5 Å². The molecule has 2 rings (SSSR count). The smallest absolute Gasteiger partial charge is 0.268 e. The molecule has 20 heavy (non-hydrogen) atoms. The molecule has 0 spiro atoms. The Balaban J connectivity index is 2.27. The third kappa shape index (κ3) is 3.04. The van der Waals surface area contributed by atoms with Gasteiger partial charge in [-0.15, -0.1) is 0 Å². The molecular weight excluding hydrogens is 280 g/mol. The average Bonchev–Trinajstić information content (AvgIpc) is 2.30. The second-order valence-corrected chi connectivity index (χ2v) is 7.04. The number of benzene rings is 1. The summed E-state index contributed by atoms with van der Waals surface area (Å²) in [5, 5.41) is 2.72. The Hall–Kier alpha value is -1.76. The zero-order valence-corrected chi connectivity index (χ0v) is 12.5. The van der Waals surface area contributed by atoms with Gasteiger partial charge < -0.3 is 10.1 Å². The fraction of sp³-hybridized carbons (Fsp3) is 0.462. The van der Waals surface area contributed by atoms with E-state index in [1.807, 2.05) is 0 Å². The van der Waals surface area contributed by atoms with Crippen molar-refractivity contribution in [3.63, 3.8) is 0 Å². The molecule has 0 saturated heterocycles. The molecule has 0 aromatic heterocycles. The van der Waals surface area contributed by atoms with Crippen LogP contribution in [0.3, 0.4) is 0 Å². The van der Waals surface area contributed by atoms with Crippen LogP contribution in [0.4, 0.5) is 11.4 Å². The first-order chi connectivity index (χ1) is 9.23. The van der Waals surface area contributed by atoms with E-state index in [0.29, 0.717) is 23.5 Å². The van der Waals surface area contributed by atoms with Crippen LogP contribution in [-0.2, 0) is 14.8 Å². The third-order valence-corrected chi connectivity index (χ3v) is 4.38. The van der Waals surface area contributed by atoms with E-state index < -0.39 is 15.6 Å². The lowest BCUT2D eigenvalue weighted by Gasteiger charge is -2.31. The molecule has 0 bridgehead atoms. The number of rotatable bonds is 4. The summed E-state index contributed by atoms with van der Waals surface area (Å²) in [7, 11) is -3.34. The van der Waals surface area contributed by atoms with Crippen molar-refractivity contribution in [1.82, 2.24) is 0 Å². The second kappa shape index (κ2) is 4.97. The summed E-state index contributed by atoms with van der Waals surface area (Å²) >= 11 is 0. The zero-order valence-electron chi connectivity index (χ0n) is 11.7. The van der Waals surface area contributed by atoms with Crippen LogP contribution in [0.2, 0.25) is 0 Å². The van der Waals surface area contributed by atoms with Crippen LogP contribution in [0, 0.1) is 0 Å². The van der Waals surface area contributed by atoms with Crippen molar-refractivity contribution in [2.24, 2.45) is 0 Å². The largest absolute Gasteiger partial charge is 0.476 e. The first kappa shape index (κ1) is 14.6. The molecule has 1 amide bonds. The van der Waals surface area contributed by atoms with Crippen LogP contribution in [-0.4, -0.2) is 25.7 Å². The monoisotopic (exact) mass is 298 g/mol. The normalized spacial score (nSPS) is 16.9. The fourth-order valence-corrected chi connectivity index (χ4v) is 2.99. The number of hydrogen-bond acceptors (Lipinski definition) is 4. The average molecular weight is 298 g/mol. The van der Waals surface area contributed by atoms with E-state index in [1.54, 1.807) is 39.0 Å². The molecule has 1 aromatic carbocycles. The first-order valence-electron chi connectivity index (χ1n) is 6.38. The van der Waals surface area contributed by atoms with Crippen LogP contribution in [0.5, 0.6) is 5.75 Å². The highest BCUT2D eigenvalue weighted by molar-refractivity contribution is 7.92. The number of ether oxygens (including phenoxy) is 1. The highest BCUT2D eigenvalue weighted by Crippen LogP contribution is 2.35. The molecule has 6 nitrogen and oxygen atoms in total. The minimum atomic E-state index is -3.34. The summed E-state index contributed by atoms with van der Waals surface area (Å²) in [6.45, 7) is 5.10. The van der Waals surface area contributed by atoms with Gasteiger partial charge in [-0.3, -0.25) is 9.52 Å². The third-order valence-electron chi connectivity index (χ3n) is 2.89. The number of fused-ring (bicyclic) bond motifs is 1. The maximum Gasteiger partial charge on any atom is 0.268 e. The molecule has 0 saturated carbocycles. The summed E-state index contributed by atoms with van der Waals surface area (Å²) in [6.07, 6.45) is 0.542. The van der Waals surface area contributed by atoms with Crippen molar-refractivity contribution in [3.8, 4) is 5.75 Å². The maximum atomic E-state index is 11.7. The second-order valence-electron chi connectivity index (χ2n) is 5.20. The molecule has 7 heteroatoms. The predicted octanol–water partition coefficient (Wildman–Crippen LogP) is 1.95. The summed E-state index contributed by atoms with van der Waals surface area (Å²) in [6, 6.07) is 4.78. The van der Waals surface area contributed by atoms with Crippen LogP contribution in [0.15, 0.2) is 18.2 Å². The van der Waals surface area contributed by atoms with Gasteiger partial charge in [-0.2, -0.15) is 0 Å². The quantitative estimate of drug-likeness (QED) is 0.889. The van der Waals surface area contributed by atoms with Crippen molar-refractivity contribution in [1.29, 1.82) is 0 Å². The molecule has 110 valence electrons. The lowest BCUT2D eigenvalue weighted by Crippen LogP contribution is -2.45. The van der Waals surface area contributed by atoms with Gasteiger partial charge in [0.15, 0.2) is 5.60 Å². The van der Waals surface area contributed by atoms with Gasteiger partial charge in [0.2, 0.25) is 10.0 Å². The van der Waals surface area contributed by atoms with Gasteiger partial charge in [-0.1, -0.05) is 6.92 Å². The highest BCUT2D eigenvalue weighted by Gasteiger charge is 2.35. The van der Waals surface area contributed by atoms with Gasteiger partial charge in [0.05, 0.1) is 17.1 Å². The summed E-state index contributed by atoms with van der Waals surface area (Å²) in [4.78, 5) is 11.7. The molecule has 1 aliphatic heterocycles. The number of nitrogens with one attached hydrogen (secondary N) is 2.